The summed E-state index contributed by atoms with van der Waals surface area (Å²) in [6.45, 7) is 4.73. The summed E-state index contributed by atoms with van der Waals surface area (Å²) in [5, 5.41) is 2.79. The predicted octanol–water partition coefficient (Wildman–Crippen LogP) is 3.71. The highest BCUT2D eigenvalue weighted by Gasteiger charge is 2.30. The molecule has 7 heteroatoms. The number of aromatic nitrogens is 2. The SMILES string of the molecule is COc1cccc(-c2cnc(-c3ccc(CNC(=O)C(C)(C)OC(C)=O)cc3)[nH]2)c1. The van der Waals surface area contributed by atoms with Crippen molar-refractivity contribution in [3.8, 4) is 28.4 Å². The number of imidazole rings is 1. The van der Waals surface area contributed by atoms with Crippen LogP contribution < -0.4 is 10.1 Å². The van der Waals surface area contributed by atoms with E-state index in [1.165, 1.54) is 6.92 Å². The summed E-state index contributed by atoms with van der Waals surface area (Å²) in [5.41, 5.74) is 2.52. The Morgan fingerprint density at radius 3 is 2.50 bits per heavy atom. The van der Waals surface area contributed by atoms with Gasteiger partial charge < -0.3 is 19.8 Å². The maximum Gasteiger partial charge on any atom is 0.303 e. The molecule has 0 unspecified atom stereocenters. The lowest BCUT2D eigenvalue weighted by Gasteiger charge is -2.23. The minimum atomic E-state index is -1.21. The van der Waals surface area contributed by atoms with E-state index in [0.717, 1.165) is 34.0 Å². The molecule has 0 atom stereocenters. The smallest absolute Gasteiger partial charge is 0.303 e. The summed E-state index contributed by atoms with van der Waals surface area (Å²) >= 11 is 0. The molecule has 30 heavy (non-hydrogen) atoms. The summed E-state index contributed by atoms with van der Waals surface area (Å²) in [5.74, 6) is 0.688. The number of amides is 1. The van der Waals surface area contributed by atoms with Gasteiger partial charge in [-0.15, -0.1) is 0 Å². The number of benzene rings is 2. The van der Waals surface area contributed by atoms with Crippen molar-refractivity contribution in [1.82, 2.24) is 15.3 Å². The van der Waals surface area contributed by atoms with Gasteiger partial charge in [-0.2, -0.15) is 0 Å². The van der Waals surface area contributed by atoms with Crippen molar-refractivity contribution in [2.75, 3.05) is 7.11 Å². The van der Waals surface area contributed by atoms with Crippen LogP contribution in [-0.2, 0) is 20.9 Å². The van der Waals surface area contributed by atoms with Gasteiger partial charge in [0.05, 0.1) is 19.0 Å². The Bertz CT molecular complexity index is 1040. The monoisotopic (exact) mass is 407 g/mol. The van der Waals surface area contributed by atoms with E-state index in [9.17, 15) is 9.59 Å². The highest BCUT2D eigenvalue weighted by molar-refractivity contribution is 5.86. The minimum Gasteiger partial charge on any atom is -0.497 e. The molecule has 0 radical (unpaired) electrons. The second-order valence-corrected chi connectivity index (χ2v) is 7.36. The molecule has 0 aliphatic carbocycles. The summed E-state index contributed by atoms with van der Waals surface area (Å²) in [6, 6.07) is 15.5. The quantitative estimate of drug-likeness (QED) is 0.583. The average molecular weight is 407 g/mol. The van der Waals surface area contributed by atoms with Gasteiger partial charge in [-0.05, 0) is 31.5 Å². The number of ether oxygens (including phenoxy) is 2. The van der Waals surface area contributed by atoms with Gasteiger partial charge in [0.1, 0.15) is 11.6 Å². The number of rotatable bonds is 7. The van der Waals surface area contributed by atoms with Gasteiger partial charge in [-0.3, -0.25) is 9.59 Å². The first-order valence-electron chi connectivity index (χ1n) is 9.55. The Kier molecular flexibility index (Phi) is 6.20. The Morgan fingerprint density at radius 1 is 1.10 bits per heavy atom. The van der Waals surface area contributed by atoms with E-state index in [0.29, 0.717) is 6.54 Å². The van der Waals surface area contributed by atoms with E-state index in [4.69, 9.17) is 9.47 Å². The van der Waals surface area contributed by atoms with Gasteiger partial charge >= 0.3 is 5.97 Å². The predicted molar refractivity (Wildman–Crippen MR) is 114 cm³/mol. The van der Waals surface area contributed by atoms with Gasteiger partial charge in [0.25, 0.3) is 5.91 Å². The Labute approximate surface area is 175 Å². The van der Waals surface area contributed by atoms with Gasteiger partial charge in [0.15, 0.2) is 5.60 Å². The molecular weight excluding hydrogens is 382 g/mol. The van der Waals surface area contributed by atoms with Crippen molar-refractivity contribution in [3.63, 3.8) is 0 Å². The van der Waals surface area contributed by atoms with Crippen molar-refractivity contribution in [2.24, 2.45) is 0 Å². The molecule has 3 rings (SSSR count). The van der Waals surface area contributed by atoms with E-state index < -0.39 is 11.6 Å². The Balaban J connectivity index is 1.65. The van der Waals surface area contributed by atoms with Crippen LogP contribution in [0.1, 0.15) is 26.3 Å². The summed E-state index contributed by atoms with van der Waals surface area (Å²) in [4.78, 5) is 31.1. The number of esters is 1. The number of methoxy groups -OCH3 is 1. The molecule has 0 aliphatic heterocycles. The van der Waals surface area contributed by atoms with E-state index in [1.54, 1.807) is 27.2 Å². The maximum atomic E-state index is 12.2. The molecule has 156 valence electrons. The Hall–Kier alpha value is -3.61. The lowest BCUT2D eigenvalue weighted by molar-refractivity contribution is -0.163. The van der Waals surface area contributed by atoms with Crippen molar-refractivity contribution in [1.29, 1.82) is 0 Å². The van der Waals surface area contributed by atoms with Crippen LogP contribution in [0.15, 0.2) is 54.7 Å². The molecule has 2 N–H and O–H groups in total. The van der Waals surface area contributed by atoms with Crippen LogP contribution in [0.25, 0.3) is 22.6 Å². The van der Waals surface area contributed by atoms with E-state index in [1.807, 2.05) is 48.5 Å². The molecule has 0 spiro atoms. The molecule has 0 bridgehead atoms. The summed E-state index contributed by atoms with van der Waals surface area (Å²) in [6.07, 6.45) is 1.79. The molecule has 0 aliphatic rings. The lowest BCUT2D eigenvalue weighted by Crippen LogP contribution is -2.44. The van der Waals surface area contributed by atoms with Crippen molar-refractivity contribution in [2.45, 2.75) is 32.9 Å². The van der Waals surface area contributed by atoms with Crippen LogP contribution in [0, 0.1) is 0 Å². The van der Waals surface area contributed by atoms with Crippen molar-refractivity contribution >= 4 is 11.9 Å². The second-order valence-electron chi connectivity index (χ2n) is 7.36. The molecule has 2 aromatic carbocycles. The molecular formula is C23H25N3O4. The first-order chi connectivity index (χ1) is 14.3. The van der Waals surface area contributed by atoms with Crippen LogP contribution in [0.2, 0.25) is 0 Å². The molecule has 3 aromatic rings. The fraction of sp³-hybridized carbons (Fsp3) is 0.261. The molecule has 0 saturated heterocycles. The minimum absolute atomic E-state index is 0.330. The largest absolute Gasteiger partial charge is 0.497 e. The average Bonchev–Trinajstić information content (AvgIpc) is 3.22. The third kappa shape index (κ3) is 5.05. The highest BCUT2D eigenvalue weighted by Crippen LogP contribution is 2.25. The zero-order chi connectivity index (χ0) is 21.7. The fourth-order valence-corrected chi connectivity index (χ4v) is 2.99. The molecule has 1 heterocycles. The Morgan fingerprint density at radius 2 is 1.83 bits per heavy atom. The van der Waals surface area contributed by atoms with Crippen LogP contribution >= 0.6 is 0 Å². The number of aromatic amines is 1. The van der Waals surface area contributed by atoms with Gasteiger partial charge in [0.2, 0.25) is 0 Å². The van der Waals surface area contributed by atoms with Crippen molar-refractivity contribution < 1.29 is 19.1 Å². The summed E-state index contributed by atoms with van der Waals surface area (Å²) < 4.78 is 10.3. The number of hydrogen-bond donors (Lipinski definition) is 2. The standard InChI is InChI=1S/C23H25N3O4/c1-15(27)30-23(2,3)22(28)25-13-16-8-10-17(11-9-16)21-24-14-20(26-21)18-6-5-7-19(12-18)29-4/h5-12,14H,13H2,1-4H3,(H,24,26)(H,25,28). The van der Waals surface area contributed by atoms with Gasteiger partial charge in [-0.25, -0.2) is 4.98 Å². The molecule has 1 amide bonds. The third-order valence-corrected chi connectivity index (χ3v) is 4.58. The lowest BCUT2D eigenvalue weighted by atomic mass is 10.1. The molecule has 1 aromatic heterocycles. The van der Waals surface area contributed by atoms with Gasteiger partial charge in [0, 0.05) is 24.6 Å². The zero-order valence-corrected chi connectivity index (χ0v) is 17.5. The number of nitrogens with one attached hydrogen (secondary N) is 2. The topological polar surface area (TPSA) is 93.3 Å². The zero-order valence-electron chi connectivity index (χ0n) is 17.5. The number of carbonyl (C=O) groups is 2. The molecule has 0 saturated carbocycles. The van der Waals surface area contributed by atoms with Crippen LogP contribution in [-0.4, -0.2) is 34.6 Å². The number of nitrogens with zero attached hydrogens (tertiary/aromatic N) is 1. The number of H-pyrrole nitrogens is 1. The van der Waals surface area contributed by atoms with Gasteiger partial charge in [-0.1, -0.05) is 36.4 Å². The van der Waals surface area contributed by atoms with Crippen LogP contribution in [0.4, 0.5) is 0 Å². The number of carbonyl (C=O) groups excluding carboxylic acids is 2. The van der Waals surface area contributed by atoms with Crippen LogP contribution in [0.5, 0.6) is 5.75 Å². The van der Waals surface area contributed by atoms with Crippen LogP contribution in [0.3, 0.4) is 0 Å². The molecule has 0 fully saturated rings. The molecule has 7 nitrogen and oxygen atoms in total. The second kappa shape index (κ2) is 8.82. The first-order valence-corrected chi connectivity index (χ1v) is 9.55. The first kappa shape index (κ1) is 21.1. The fourth-order valence-electron chi connectivity index (χ4n) is 2.99. The number of hydrogen-bond acceptors (Lipinski definition) is 5. The highest BCUT2D eigenvalue weighted by atomic mass is 16.6. The van der Waals surface area contributed by atoms with E-state index in [-0.39, 0.29) is 5.91 Å². The van der Waals surface area contributed by atoms with E-state index >= 15 is 0 Å². The third-order valence-electron chi connectivity index (χ3n) is 4.58. The van der Waals surface area contributed by atoms with E-state index in [2.05, 4.69) is 15.3 Å². The van der Waals surface area contributed by atoms with Crippen molar-refractivity contribution in [3.05, 3.63) is 60.3 Å². The summed E-state index contributed by atoms with van der Waals surface area (Å²) in [7, 11) is 1.64. The maximum absolute atomic E-state index is 12.2. The normalized spacial score (nSPS) is 11.1.